The molecule has 1 N–H and O–H groups in total. The van der Waals surface area contributed by atoms with E-state index in [1.54, 1.807) is 19.9 Å². The Morgan fingerprint density at radius 2 is 2.00 bits per heavy atom. The van der Waals surface area contributed by atoms with Crippen LogP contribution < -0.4 is 4.52 Å². The summed E-state index contributed by atoms with van der Waals surface area (Å²) in [5, 5.41) is 10.8. The number of nitro benzene ring substituents is 1. The Bertz CT molecular complexity index is 501. The number of benzene rings is 1. The molecule has 1 aromatic carbocycles. The first-order valence-electron chi connectivity index (χ1n) is 4.60. The van der Waals surface area contributed by atoms with E-state index in [9.17, 15) is 14.7 Å². The quantitative estimate of drug-likeness (QED) is 0.507. The molecule has 1 unspecified atom stereocenters. The highest BCUT2D eigenvalue weighted by molar-refractivity contribution is 7.47. The molecule has 1 aromatic rings. The summed E-state index contributed by atoms with van der Waals surface area (Å²) in [6, 6.07) is 2.87. The molecule has 94 valence electrons. The highest BCUT2D eigenvalue weighted by Gasteiger charge is 2.28. The Balaban J connectivity index is 3.31. The van der Waals surface area contributed by atoms with Gasteiger partial charge in [0.25, 0.3) is 0 Å². The van der Waals surface area contributed by atoms with Crippen LogP contribution in [0.15, 0.2) is 12.1 Å². The topological polar surface area (TPSA) is 98.9 Å². The van der Waals surface area contributed by atoms with Crippen molar-refractivity contribution in [1.82, 2.24) is 0 Å². The summed E-state index contributed by atoms with van der Waals surface area (Å²) in [7, 11) is -3.33. The van der Waals surface area contributed by atoms with Crippen LogP contribution in [0.25, 0.3) is 0 Å². The largest absolute Gasteiger partial charge is 0.527 e. The summed E-state index contributed by atoms with van der Waals surface area (Å²) >= 11 is 0. The van der Waals surface area contributed by atoms with Crippen molar-refractivity contribution >= 4 is 13.5 Å². The second-order valence-corrected chi connectivity index (χ2v) is 4.91. The average Bonchev–Trinajstić information content (AvgIpc) is 2.21. The van der Waals surface area contributed by atoms with E-state index in [4.69, 9.17) is 4.89 Å². The zero-order valence-corrected chi connectivity index (χ0v) is 10.4. The van der Waals surface area contributed by atoms with Crippen LogP contribution in [0, 0.1) is 24.0 Å². The second-order valence-electron chi connectivity index (χ2n) is 3.43. The minimum atomic E-state index is -4.31. The average molecular weight is 261 g/mol. The summed E-state index contributed by atoms with van der Waals surface area (Å²) in [5.74, 6) is -0.256. The van der Waals surface area contributed by atoms with Crippen molar-refractivity contribution in [2.45, 2.75) is 13.8 Å². The molecule has 0 aliphatic heterocycles. The molecule has 0 aromatic heterocycles. The van der Waals surface area contributed by atoms with E-state index in [0.29, 0.717) is 11.1 Å². The van der Waals surface area contributed by atoms with Crippen LogP contribution in [0.4, 0.5) is 5.69 Å². The molecule has 0 fully saturated rings. The lowest BCUT2D eigenvalue weighted by atomic mass is 10.1. The van der Waals surface area contributed by atoms with Gasteiger partial charge in [0.1, 0.15) is 0 Å². The molecule has 0 amide bonds. The highest BCUT2D eigenvalue weighted by atomic mass is 31.2. The summed E-state index contributed by atoms with van der Waals surface area (Å²) in [5.41, 5.74) is 0.684. The Kier molecular flexibility index (Phi) is 3.87. The summed E-state index contributed by atoms with van der Waals surface area (Å²) < 4.78 is 20.2. The van der Waals surface area contributed by atoms with Crippen LogP contribution in [0.5, 0.6) is 5.75 Å². The van der Waals surface area contributed by atoms with Gasteiger partial charge < -0.3 is 4.52 Å². The third-order valence-corrected chi connectivity index (χ3v) is 2.91. The Morgan fingerprint density at radius 1 is 1.41 bits per heavy atom. The number of hydrogen-bond acceptors (Lipinski definition) is 5. The van der Waals surface area contributed by atoms with Gasteiger partial charge in [0.2, 0.25) is 5.75 Å². The van der Waals surface area contributed by atoms with E-state index in [-0.39, 0.29) is 11.4 Å². The molecule has 0 aliphatic carbocycles. The number of nitro groups is 1. The zero-order chi connectivity index (χ0) is 13.2. The molecular formula is C9H12NO6P. The third-order valence-electron chi connectivity index (χ3n) is 2.03. The van der Waals surface area contributed by atoms with Gasteiger partial charge in [0.05, 0.1) is 4.92 Å². The second kappa shape index (κ2) is 4.83. The molecule has 0 heterocycles. The Morgan fingerprint density at radius 3 is 2.47 bits per heavy atom. The van der Waals surface area contributed by atoms with Gasteiger partial charge in [-0.25, -0.2) is 4.57 Å². The van der Waals surface area contributed by atoms with Crippen LogP contribution >= 0.6 is 7.82 Å². The molecule has 0 saturated heterocycles. The lowest BCUT2D eigenvalue weighted by Crippen LogP contribution is -2.00. The number of phosphoric acid groups is 1. The summed E-state index contributed by atoms with van der Waals surface area (Å²) in [4.78, 5) is 19.3. The first-order chi connectivity index (χ1) is 7.76. The molecule has 0 spiro atoms. The van der Waals surface area contributed by atoms with Crippen LogP contribution in [0.2, 0.25) is 0 Å². The van der Waals surface area contributed by atoms with Crippen LogP contribution in [0.3, 0.4) is 0 Å². The van der Waals surface area contributed by atoms with E-state index in [1.165, 1.54) is 6.07 Å². The first-order valence-corrected chi connectivity index (χ1v) is 6.10. The fourth-order valence-electron chi connectivity index (χ4n) is 1.34. The van der Waals surface area contributed by atoms with Crippen molar-refractivity contribution in [2.24, 2.45) is 0 Å². The molecule has 1 rings (SSSR count). The van der Waals surface area contributed by atoms with E-state index in [1.807, 2.05) is 0 Å². The van der Waals surface area contributed by atoms with Crippen molar-refractivity contribution in [3.8, 4) is 5.75 Å². The van der Waals surface area contributed by atoms with Gasteiger partial charge in [0.15, 0.2) is 0 Å². The van der Waals surface area contributed by atoms with Gasteiger partial charge in [-0.05, 0) is 25.0 Å². The van der Waals surface area contributed by atoms with Crippen molar-refractivity contribution in [1.29, 1.82) is 0 Å². The van der Waals surface area contributed by atoms with Gasteiger partial charge in [-0.1, -0.05) is 6.07 Å². The first kappa shape index (κ1) is 13.6. The van der Waals surface area contributed by atoms with E-state index in [0.717, 1.165) is 7.11 Å². The maximum atomic E-state index is 11.3. The van der Waals surface area contributed by atoms with Crippen LogP contribution in [-0.2, 0) is 9.09 Å². The van der Waals surface area contributed by atoms with Gasteiger partial charge in [-0.2, -0.15) is 0 Å². The van der Waals surface area contributed by atoms with Gasteiger partial charge in [0, 0.05) is 13.2 Å². The maximum Gasteiger partial charge on any atom is 0.527 e. The fourth-order valence-corrected chi connectivity index (χ4v) is 1.88. The number of aryl methyl sites for hydroxylation is 2. The monoisotopic (exact) mass is 261 g/mol. The van der Waals surface area contributed by atoms with Crippen LogP contribution in [-0.4, -0.2) is 16.9 Å². The Labute approximate surface area is 97.8 Å². The molecule has 17 heavy (non-hydrogen) atoms. The van der Waals surface area contributed by atoms with Crippen molar-refractivity contribution in [2.75, 3.05) is 7.11 Å². The molecule has 0 saturated carbocycles. The predicted octanol–water partition coefficient (Wildman–Crippen LogP) is 2.34. The van der Waals surface area contributed by atoms with E-state index in [2.05, 4.69) is 9.05 Å². The maximum absolute atomic E-state index is 11.3. The molecule has 1 atom stereocenters. The van der Waals surface area contributed by atoms with Crippen LogP contribution in [0.1, 0.15) is 11.1 Å². The SMILES string of the molecule is COP(=O)(O)Oc1c(C)cc(C)cc1[N+](=O)[O-]. The van der Waals surface area contributed by atoms with E-state index >= 15 is 0 Å². The number of nitrogens with zero attached hydrogens (tertiary/aromatic N) is 1. The van der Waals surface area contributed by atoms with Gasteiger partial charge >= 0.3 is 13.5 Å². The lowest BCUT2D eigenvalue weighted by Gasteiger charge is -2.13. The smallest absolute Gasteiger partial charge is 0.396 e. The minimum Gasteiger partial charge on any atom is -0.396 e. The molecule has 0 radical (unpaired) electrons. The Hall–Kier alpha value is -1.43. The molecule has 0 bridgehead atoms. The standard InChI is InChI=1S/C9H12NO6P/c1-6-4-7(2)9(8(5-6)10(11)12)16-17(13,14)15-3/h4-5H,1-3H3,(H,13,14). The van der Waals surface area contributed by atoms with E-state index < -0.39 is 12.7 Å². The van der Waals surface area contributed by atoms with Crippen molar-refractivity contribution < 1.29 is 23.4 Å². The predicted molar refractivity (Wildman–Crippen MR) is 60.0 cm³/mol. The number of rotatable bonds is 4. The fraction of sp³-hybridized carbons (Fsp3) is 0.333. The number of hydrogen-bond donors (Lipinski definition) is 1. The van der Waals surface area contributed by atoms with Gasteiger partial charge in [-0.3, -0.25) is 19.5 Å². The molecular weight excluding hydrogens is 249 g/mol. The lowest BCUT2D eigenvalue weighted by molar-refractivity contribution is -0.385. The summed E-state index contributed by atoms with van der Waals surface area (Å²) in [6.45, 7) is 3.23. The number of phosphoric ester groups is 1. The highest BCUT2D eigenvalue weighted by Crippen LogP contribution is 2.47. The minimum absolute atomic E-state index is 0.256. The third kappa shape index (κ3) is 3.26. The normalized spacial score (nSPS) is 14.1. The molecule has 8 heteroatoms. The van der Waals surface area contributed by atoms with Crippen molar-refractivity contribution in [3.05, 3.63) is 33.4 Å². The summed E-state index contributed by atoms with van der Waals surface area (Å²) in [6.07, 6.45) is 0. The molecule has 7 nitrogen and oxygen atoms in total. The van der Waals surface area contributed by atoms with Gasteiger partial charge in [-0.15, -0.1) is 0 Å². The zero-order valence-electron chi connectivity index (χ0n) is 9.54. The van der Waals surface area contributed by atoms with Crippen molar-refractivity contribution in [3.63, 3.8) is 0 Å². The molecule has 0 aliphatic rings.